The maximum Gasteiger partial charge on any atom is 0.234 e. The maximum absolute atomic E-state index is 11.2. The fourth-order valence-electron chi connectivity index (χ4n) is 1.67. The summed E-state index contributed by atoms with van der Waals surface area (Å²) in [6, 6.07) is 7.18. The quantitative estimate of drug-likeness (QED) is 0.871. The molecule has 1 aromatic rings. The van der Waals surface area contributed by atoms with Gasteiger partial charge in [0.2, 0.25) is 5.91 Å². The fraction of sp³-hybridized carbons (Fsp3) is 0.417. The molecular weight excluding hydrogens is 275 g/mol. The molecule has 1 amide bonds. The van der Waals surface area contributed by atoms with Crippen LogP contribution in [0.1, 0.15) is 18.6 Å². The van der Waals surface area contributed by atoms with Crippen molar-refractivity contribution in [2.75, 3.05) is 13.7 Å². The van der Waals surface area contributed by atoms with Gasteiger partial charge in [-0.3, -0.25) is 4.79 Å². The van der Waals surface area contributed by atoms with E-state index in [9.17, 15) is 4.79 Å². The van der Waals surface area contributed by atoms with E-state index in [0.717, 1.165) is 5.56 Å². The number of hydrogen-bond donors (Lipinski definition) is 2. The summed E-state index contributed by atoms with van der Waals surface area (Å²) >= 11 is 5.82. The molecule has 0 bridgehead atoms. The molecule has 0 fully saturated rings. The zero-order valence-electron chi connectivity index (χ0n) is 10.4. The molecular formula is C12H18Cl2N2O2. The number of halogens is 2. The van der Waals surface area contributed by atoms with Crippen molar-refractivity contribution in [1.82, 2.24) is 5.32 Å². The second-order valence-electron chi connectivity index (χ2n) is 3.77. The Morgan fingerprint density at radius 1 is 1.44 bits per heavy atom. The highest BCUT2D eigenvalue weighted by atomic mass is 35.5. The van der Waals surface area contributed by atoms with E-state index in [2.05, 4.69) is 5.32 Å². The van der Waals surface area contributed by atoms with Crippen molar-refractivity contribution < 1.29 is 9.53 Å². The average Bonchev–Trinajstić information content (AvgIpc) is 2.32. The van der Waals surface area contributed by atoms with Crippen LogP contribution in [0.3, 0.4) is 0 Å². The van der Waals surface area contributed by atoms with Crippen LogP contribution in [0.4, 0.5) is 0 Å². The number of methoxy groups -OCH3 is 1. The summed E-state index contributed by atoms with van der Waals surface area (Å²) < 4.78 is 5.38. The standard InChI is InChI=1S/C12H17ClN2O2.ClH/c1-8(15-11(16)7-14)12(17-2)9-3-5-10(13)6-4-9;/h3-6,8,12H,7,14H2,1-2H3,(H,15,16);1H. The molecule has 6 heteroatoms. The summed E-state index contributed by atoms with van der Waals surface area (Å²) in [5.41, 5.74) is 6.21. The van der Waals surface area contributed by atoms with Gasteiger partial charge in [0.1, 0.15) is 6.10 Å². The van der Waals surface area contributed by atoms with Crippen LogP contribution in [-0.2, 0) is 9.53 Å². The van der Waals surface area contributed by atoms with Gasteiger partial charge in [-0.2, -0.15) is 0 Å². The van der Waals surface area contributed by atoms with Gasteiger partial charge in [-0.25, -0.2) is 0 Å². The molecule has 0 saturated heterocycles. The zero-order valence-corrected chi connectivity index (χ0v) is 11.9. The van der Waals surface area contributed by atoms with Gasteiger partial charge in [-0.05, 0) is 24.6 Å². The first-order valence-corrected chi connectivity index (χ1v) is 5.74. The molecule has 102 valence electrons. The van der Waals surface area contributed by atoms with Gasteiger partial charge in [0.25, 0.3) is 0 Å². The molecule has 0 saturated carbocycles. The Labute approximate surface area is 118 Å². The number of nitrogens with one attached hydrogen (secondary N) is 1. The lowest BCUT2D eigenvalue weighted by molar-refractivity contribution is -0.121. The summed E-state index contributed by atoms with van der Waals surface area (Å²) in [5, 5.41) is 3.44. The van der Waals surface area contributed by atoms with Gasteiger partial charge in [0.05, 0.1) is 12.6 Å². The number of rotatable bonds is 5. The second kappa shape index (κ2) is 8.32. The van der Waals surface area contributed by atoms with Crippen molar-refractivity contribution in [1.29, 1.82) is 0 Å². The zero-order chi connectivity index (χ0) is 12.8. The Morgan fingerprint density at radius 2 is 2.00 bits per heavy atom. The van der Waals surface area contributed by atoms with E-state index in [0.29, 0.717) is 5.02 Å². The molecule has 2 unspecified atom stereocenters. The van der Waals surface area contributed by atoms with E-state index in [1.807, 2.05) is 19.1 Å². The molecule has 0 aliphatic rings. The predicted octanol–water partition coefficient (Wildman–Crippen LogP) is 1.91. The number of benzene rings is 1. The van der Waals surface area contributed by atoms with Crippen LogP contribution in [0, 0.1) is 0 Å². The lowest BCUT2D eigenvalue weighted by Crippen LogP contribution is -2.40. The molecule has 0 heterocycles. The van der Waals surface area contributed by atoms with Crippen LogP contribution in [-0.4, -0.2) is 25.6 Å². The van der Waals surface area contributed by atoms with E-state index in [4.69, 9.17) is 22.1 Å². The Morgan fingerprint density at radius 3 is 2.44 bits per heavy atom. The number of carbonyl (C=O) groups excluding carboxylic acids is 1. The minimum Gasteiger partial charge on any atom is -0.375 e. The molecule has 0 spiro atoms. The minimum atomic E-state index is -0.220. The molecule has 18 heavy (non-hydrogen) atoms. The van der Waals surface area contributed by atoms with Gasteiger partial charge in [-0.1, -0.05) is 23.7 Å². The number of amides is 1. The highest BCUT2D eigenvalue weighted by Crippen LogP contribution is 2.22. The summed E-state index contributed by atoms with van der Waals surface area (Å²) in [4.78, 5) is 11.2. The summed E-state index contributed by atoms with van der Waals surface area (Å²) in [6.45, 7) is 1.84. The van der Waals surface area contributed by atoms with Gasteiger partial charge in [0.15, 0.2) is 0 Å². The van der Waals surface area contributed by atoms with E-state index < -0.39 is 0 Å². The molecule has 0 aromatic heterocycles. The lowest BCUT2D eigenvalue weighted by Gasteiger charge is -2.24. The van der Waals surface area contributed by atoms with Crippen LogP contribution in [0.2, 0.25) is 5.02 Å². The van der Waals surface area contributed by atoms with Crippen LogP contribution in [0.15, 0.2) is 24.3 Å². The number of ether oxygens (including phenoxy) is 1. The largest absolute Gasteiger partial charge is 0.375 e. The summed E-state index contributed by atoms with van der Waals surface area (Å²) in [5.74, 6) is -0.200. The SMILES string of the molecule is COC(c1ccc(Cl)cc1)C(C)NC(=O)CN.Cl. The Kier molecular flexibility index (Phi) is 7.95. The molecule has 1 aromatic carbocycles. The van der Waals surface area contributed by atoms with Crippen LogP contribution in [0.5, 0.6) is 0 Å². The summed E-state index contributed by atoms with van der Waals surface area (Å²) in [7, 11) is 1.60. The number of hydrogen-bond acceptors (Lipinski definition) is 3. The Balaban J connectivity index is 0.00000289. The molecule has 0 aliphatic heterocycles. The third-order valence-corrected chi connectivity index (χ3v) is 2.73. The first-order chi connectivity index (χ1) is 8.08. The van der Waals surface area contributed by atoms with E-state index in [-0.39, 0.29) is 37.0 Å². The van der Waals surface area contributed by atoms with Gasteiger partial charge < -0.3 is 15.8 Å². The van der Waals surface area contributed by atoms with Gasteiger partial charge in [-0.15, -0.1) is 12.4 Å². The highest BCUT2D eigenvalue weighted by molar-refractivity contribution is 6.30. The molecule has 4 nitrogen and oxygen atoms in total. The number of carbonyl (C=O) groups is 1. The van der Waals surface area contributed by atoms with E-state index in [1.165, 1.54) is 0 Å². The molecule has 0 radical (unpaired) electrons. The minimum absolute atomic E-state index is 0. The van der Waals surface area contributed by atoms with Gasteiger partial charge in [0, 0.05) is 12.1 Å². The van der Waals surface area contributed by atoms with E-state index in [1.54, 1.807) is 19.2 Å². The second-order valence-corrected chi connectivity index (χ2v) is 4.20. The molecule has 0 aliphatic carbocycles. The van der Waals surface area contributed by atoms with E-state index >= 15 is 0 Å². The summed E-state index contributed by atoms with van der Waals surface area (Å²) in [6.07, 6.45) is -0.220. The molecule has 3 N–H and O–H groups in total. The smallest absolute Gasteiger partial charge is 0.234 e. The van der Waals surface area contributed by atoms with Crippen LogP contribution in [0.25, 0.3) is 0 Å². The van der Waals surface area contributed by atoms with Gasteiger partial charge >= 0.3 is 0 Å². The van der Waals surface area contributed by atoms with Crippen molar-refractivity contribution in [3.05, 3.63) is 34.9 Å². The first kappa shape index (κ1) is 17.2. The van der Waals surface area contributed by atoms with Crippen molar-refractivity contribution in [2.45, 2.75) is 19.1 Å². The van der Waals surface area contributed by atoms with Crippen molar-refractivity contribution in [2.24, 2.45) is 5.73 Å². The highest BCUT2D eigenvalue weighted by Gasteiger charge is 2.19. The normalized spacial score (nSPS) is 13.3. The molecule has 2 atom stereocenters. The third kappa shape index (κ3) is 4.82. The predicted molar refractivity (Wildman–Crippen MR) is 75.1 cm³/mol. The average molecular weight is 293 g/mol. The Hall–Kier alpha value is -0.810. The monoisotopic (exact) mass is 292 g/mol. The van der Waals surface area contributed by atoms with Crippen LogP contribution < -0.4 is 11.1 Å². The number of nitrogens with two attached hydrogens (primary N) is 1. The van der Waals surface area contributed by atoms with Crippen LogP contribution >= 0.6 is 24.0 Å². The van der Waals surface area contributed by atoms with Crippen molar-refractivity contribution in [3.63, 3.8) is 0 Å². The topological polar surface area (TPSA) is 64.3 Å². The third-order valence-electron chi connectivity index (χ3n) is 2.48. The van der Waals surface area contributed by atoms with Crippen molar-refractivity contribution >= 4 is 29.9 Å². The first-order valence-electron chi connectivity index (χ1n) is 5.36. The molecule has 1 rings (SSSR count). The lowest BCUT2D eigenvalue weighted by atomic mass is 10.0. The fourth-order valence-corrected chi connectivity index (χ4v) is 1.80. The Bertz CT molecular complexity index is 371. The maximum atomic E-state index is 11.2. The van der Waals surface area contributed by atoms with Crippen molar-refractivity contribution in [3.8, 4) is 0 Å².